The summed E-state index contributed by atoms with van der Waals surface area (Å²) in [5, 5.41) is 3.61. The maximum atomic E-state index is 13.9. The van der Waals surface area contributed by atoms with Gasteiger partial charge in [0.15, 0.2) is 0 Å². The van der Waals surface area contributed by atoms with Crippen LogP contribution in [0, 0.1) is 5.82 Å². The summed E-state index contributed by atoms with van der Waals surface area (Å²) >= 11 is 0. The highest BCUT2D eigenvalue weighted by molar-refractivity contribution is 7.86. The number of hydrogen-bond acceptors (Lipinski definition) is 4. The second-order valence-electron chi connectivity index (χ2n) is 8.01. The lowest BCUT2D eigenvalue weighted by Crippen LogP contribution is -2.44. The molecule has 2 aromatic rings. The van der Waals surface area contributed by atoms with Crippen LogP contribution in [-0.2, 0) is 10.2 Å². The fraction of sp³-hybridized carbons (Fsp3) is 0.632. The van der Waals surface area contributed by atoms with Crippen molar-refractivity contribution in [1.29, 1.82) is 0 Å². The summed E-state index contributed by atoms with van der Waals surface area (Å²) in [4.78, 5) is 4.80. The van der Waals surface area contributed by atoms with Gasteiger partial charge in [-0.2, -0.15) is 17.0 Å². The molecule has 0 amide bonds. The number of hydrogen-bond donors (Lipinski definition) is 1. The standard InChI is InChI=1S/C19H28FN5O2S/c1-23(2)28(26,27)24-11-9-14(10-12-24)18-19(21-16-5-3-4-6-16)25-13-15(20)7-8-17(25)22-18/h7-8,13-14,16,21H,3-6,9-12H2,1-2H3. The molecule has 0 spiro atoms. The van der Waals surface area contributed by atoms with Crippen LogP contribution in [-0.4, -0.2) is 59.6 Å². The quantitative estimate of drug-likeness (QED) is 0.824. The summed E-state index contributed by atoms with van der Waals surface area (Å²) in [6, 6.07) is 3.51. The zero-order valence-corrected chi connectivity index (χ0v) is 17.3. The van der Waals surface area contributed by atoms with Gasteiger partial charge in [0.2, 0.25) is 0 Å². The molecule has 3 heterocycles. The Morgan fingerprint density at radius 1 is 1.14 bits per heavy atom. The first-order valence-corrected chi connectivity index (χ1v) is 11.4. The van der Waals surface area contributed by atoms with E-state index in [2.05, 4.69) is 5.32 Å². The van der Waals surface area contributed by atoms with Crippen molar-refractivity contribution < 1.29 is 12.8 Å². The number of halogens is 1. The lowest BCUT2D eigenvalue weighted by atomic mass is 9.94. The number of nitrogens with zero attached hydrogens (tertiary/aromatic N) is 4. The third kappa shape index (κ3) is 3.62. The van der Waals surface area contributed by atoms with Crippen molar-refractivity contribution in [3.8, 4) is 0 Å². The van der Waals surface area contributed by atoms with Crippen molar-refractivity contribution in [2.75, 3.05) is 32.5 Å². The fourth-order valence-corrected chi connectivity index (χ4v) is 5.45. The molecule has 7 nitrogen and oxygen atoms in total. The van der Waals surface area contributed by atoms with Gasteiger partial charge in [-0.25, -0.2) is 9.37 Å². The summed E-state index contributed by atoms with van der Waals surface area (Å²) in [5.74, 6) is 0.730. The van der Waals surface area contributed by atoms with Crippen LogP contribution < -0.4 is 5.32 Å². The molecular weight excluding hydrogens is 381 g/mol. The van der Waals surface area contributed by atoms with Gasteiger partial charge in [0, 0.05) is 45.3 Å². The molecule has 4 rings (SSSR count). The van der Waals surface area contributed by atoms with Crippen LogP contribution in [0.25, 0.3) is 5.65 Å². The molecule has 0 atom stereocenters. The third-order valence-corrected chi connectivity index (χ3v) is 7.87. The second-order valence-corrected chi connectivity index (χ2v) is 10.2. The molecule has 28 heavy (non-hydrogen) atoms. The van der Waals surface area contributed by atoms with E-state index < -0.39 is 10.2 Å². The maximum Gasteiger partial charge on any atom is 0.281 e. The topological polar surface area (TPSA) is 70.0 Å². The van der Waals surface area contributed by atoms with Crippen LogP contribution in [0.2, 0.25) is 0 Å². The van der Waals surface area contributed by atoms with E-state index in [-0.39, 0.29) is 11.7 Å². The summed E-state index contributed by atoms with van der Waals surface area (Å²) in [7, 11) is -0.274. The molecule has 9 heteroatoms. The Balaban J connectivity index is 1.61. The molecule has 2 aliphatic rings. The second kappa shape index (κ2) is 7.61. The van der Waals surface area contributed by atoms with Gasteiger partial charge in [0.05, 0.1) is 5.69 Å². The predicted molar refractivity (Wildman–Crippen MR) is 107 cm³/mol. The van der Waals surface area contributed by atoms with Crippen LogP contribution >= 0.6 is 0 Å². The van der Waals surface area contributed by atoms with Crippen molar-refractivity contribution >= 4 is 21.7 Å². The van der Waals surface area contributed by atoms with Crippen molar-refractivity contribution in [2.24, 2.45) is 0 Å². The minimum absolute atomic E-state index is 0.153. The molecule has 2 aromatic heterocycles. The summed E-state index contributed by atoms with van der Waals surface area (Å²) in [6.07, 6.45) is 7.53. The van der Waals surface area contributed by atoms with Gasteiger partial charge >= 0.3 is 0 Å². The first kappa shape index (κ1) is 19.6. The normalized spacial score (nSPS) is 20.4. The van der Waals surface area contributed by atoms with Crippen LogP contribution in [0.3, 0.4) is 0 Å². The lowest BCUT2D eigenvalue weighted by Gasteiger charge is -2.32. The molecule has 0 bridgehead atoms. The first-order chi connectivity index (χ1) is 13.4. The number of aromatic nitrogens is 2. The Morgan fingerprint density at radius 2 is 1.82 bits per heavy atom. The predicted octanol–water partition coefficient (Wildman–Crippen LogP) is 2.81. The van der Waals surface area contributed by atoms with E-state index in [0.717, 1.165) is 30.0 Å². The number of nitrogens with one attached hydrogen (secondary N) is 1. The Kier molecular flexibility index (Phi) is 5.32. The highest BCUT2D eigenvalue weighted by Gasteiger charge is 2.33. The van der Waals surface area contributed by atoms with E-state index >= 15 is 0 Å². The van der Waals surface area contributed by atoms with Crippen LogP contribution in [0.1, 0.15) is 50.1 Å². The van der Waals surface area contributed by atoms with Gasteiger partial charge in [0.1, 0.15) is 17.3 Å². The fourth-order valence-electron chi connectivity index (χ4n) is 4.32. The molecule has 1 saturated carbocycles. The summed E-state index contributed by atoms with van der Waals surface area (Å²) in [5.41, 5.74) is 1.65. The molecule has 1 aliphatic heterocycles. The molecule has 0 aromatic carbocycles. The van der Waals surface area contributed by atoms with Crippen LogP contribution in [0.4, 0.5) is 10.2 Å². The number of pyridine rings is 1. The zero-order chi connectivity index (χ0) is 19.9. The summed E-state index contributed by atoms with van der Waals surface area (Å²) in [6.45, 7) is 0.937. The van der Waals surface area contributed by atoms with Gasteiger partial charge in [-0.3, -0.25) is 4.40 Å². The molecular formula is C19H28FN5O2S. The van der Waals surface area contributed by atoms with E-state index in [9.17, 15) is 12.8 Å². The van der Waals surface area contributed by atoms with Crippen molar-refractivity contribution in [1.82, 2.24) is 18.0 Å². The average Bonchev–Trinajstić information content (AvgIpc) is 3.30. The number of imidazole rings is 1. The molecule has 2 fully saturated rings. The van der Waals surface area contributed by atoms with E-state index in [4.69, 9.17) is 4.98 Å². The largest absolute Gasteiger partial charge is 0.367 e. The maximum absolute atomic E-state index is 13.9. The number of fused-ring (bicyclic) bond motifs is 1. The van der Waals surface area contributed by atoms with E-state index in [0.29, 0.717) is 32.0 Å². The van der Waals surface area contributed by atoms with Crippen molar-refractivity contribution in [3.63, 3.8) is 0 Å². The number of rotatable bonds is 5. The van der Waals surface area contributed by atoms with Gasteiger partial charge in [0.25, 0.3) is 10.2 Å². The molecule has 0 unspecified atom stereocenters. The van der Waals surface area contributed by atoms with E-state index in [1.54, 1.807) is 20.2 Å². The summed E-state index contributed by atoms with van der Waals surface area (Å²) < 4.78 is 43.2. The number of piperidine rings is 1. The van der Waals surface area contributed by atoms with Crippen molar-refractivity contribution in [3.05, 3.63) is 29.8 Å². The SMILES string of the molecule is CN(C)S(=O)(=O)N1CCC(c2nc3ccc(F)cn3c2NC2CCCC2)CC1. The lowest BCUT2D eigenvalue weighted by molar-refractivity contribution is 0.300. The van der Waals surface area contributed by atoms with Crippen LogP contribution in [0.5, 0.6) is 0 Å². The monoisotopic (exact) mass is 409 g/mol. The highest BCUT2D eigenvalue weighted by atomic mass is 32.2. The van der Waals surface area contributed by atoms with E-state index in [1.165, 1.54) is 33.7 Å². The smallest absolute Gasteiger partial charge is 0.281 e. The molecule has 154 valence electrons. The van der Waals surface area contributed by atoms with E-state index in [1.807, 2.05) is 4.40 Å². The Labute approximate surface area is 165 Å². The van der Waals surface area contributed by atoms with Crippen molar-refractivity contribution in [2.45, 2.75) is 50.5 Å². The minimum atomic E-state index is -3.39. The first-order valence-electron chi connectivity index (χ1n) is 9.98. The van der Waals surface area contributed by atoms with Crippen LogP contribution in [0.15, 0.2) is 18.3 Å². The van der Waals surface area contributed by atoms with Gasteiger partial charge in [-0.1, -0.05) is 12.8 Å². The molecule has 1 N–H and O–H groups in total. The Hall–Kier alpha value is -1.71. The average molecular weight is 410 g/mol. The zero-order valence-electron chi connectivity index (χ0n) is 16.4. The van der Waals surface area contributed by atoms with Gasteiger partial charge in [-0.15, -0.1) is 0 Å². The van der Waals surface area contributed by atoms with Gasteiger partial charge in [-0.05, 0) is 37.8 Å². The van der Waals surface area contributed by atoms with Gasteiger partial charge < -0.3 is 5.32 Å². The Bertz CT molecular complexity index is 945. The third-order valence-electron chi connectivity index (χ3n) is 5.93. The molecule has 1 aliphatic carbocycles. The highest BCUT2D eigenvalue weighted by Crippen LogP contribution is 2.35. The minimum Gasteiger partial charge on any atom is -0.367 e. The molecule has 0 radical (unpaired) electrons. The number of anilines is 1. The Morgan fingerprint density at radius 3 is 2.46 bits per heavy atom. The molecule has 1 saturated heterocycles.